The lowest BCUT2D eigenvalue weighted by atomic mass is 9.92. The van der Waals surface area contributed by atoms with E-state index in [4.69, 9.17) is 9.47 Å². The third kappa shape index (κ3) is 5.02. The summed E-state index contributed by atoms with van der Waals surface area (Å²) in [5.41, 5.74) is 0.532. The van der Waals surface area contributed by atoms with Crippen LogP contribution >= 0.6 is 0 Å². The number of carboxylic acids is 1. The number of carboxylic acid groups (broad SMARTS) is 1. The number of rotatable bonds is 7. The lowest BCUT2D eigenvalue weighted by Gasteiger charge is -2.37. The van der Waals surface area contributed by atoms with Crippen LogP contribution < -0.4 is 20.3 Å². The largest absolute Gasteiger partial charge is 0.486 e. The molecule has 1 fully saturated rings. The molecule has 11 heteroatoms. The highest BCUT2D eigenvalue weighted by Crippen LogP contribution is 2.29. The smallest absolute Gasteiger partial charge is 0.309 e. The number of fused-ring (bicyclic) bond motifs is 2. The number of piperidine rings is 1. The van der Waals surface area contributed by atoms with Gasteiger partial charge in [-0.15, -0.1) is 0 Å². The van der Waals surface area contributed by atoms with Crippen LogP contribution in [0.2, 0.25) is 0 Å². The van der Waals surface area contributed by atoms with Crippen LogP contribution in [0.3, 0.4) is 0 Å². The highest BCUT2D eigenvalue weighted by atomic mass is 19.1. The third-order valence-electron chi connectivity index (χ3n) is 6.71. The van der Waals surface area contributed by atoms with E-state index in [1.165, 1.54) is 16.7 Å². The summed E-state index contributed by atoms with van der Waals surface area (Å²) in [6, 6.07) is 6.05. The van der Waals surface area contributed by atoms with Crippen molar-refractivity contribution in [3.63, 3.8) is 0 Å². The Balaban J connectivity index is 1.23. The summed E-state index contributed by atoms with van der Waals surface area (Å²) in [5.74, 6) is -1.86. The van der Waals surface area contributed by atoms with Crippen molar-refractivity contribution in [3.8, 4) is 11.5 Å². The summed E-state index contributed by atoms with van der Waals surface area (Å²) in [4.78, 5) is 30.8. The molecular formula is C25H26F2N4O5. The molecule has 1 saturated heterocycles. The summed E-state index contributed by atoms with van der Waals surface area (Å²) in [6.07, 6.45) is 2.19. The van der Waals surface area contributed by atoms with E-state index in [-0.39, 0.29) is 35.6 Å². The lowest BCUT2D eigenvalue weighted by molar-refractivity contribution is -0.144. The number of likely N-dealkylation sites (tertiary alicyclic amines) is 1. The van der Waals surface area contributed by atoms with Crippen LogP contribution in [0.25, 0.3) is 10.9 Å². The van der Waals surface area contributed by atoms with Crippen LogP contribution in [0.4, 0.5) is 8.78 Å². The Kier molecular flexibility index (Phi) is 6.84. The Labute approximate surface area is 205 Å². The Morgan fingerprint density at radius 3 is 2.75 bits per heavy atom. The van der Waals surface area contributed by atoms with E-state index in [1.54, 1.807) is 12.3 Å². The molecule has 2 atom stereocenters. The summed E-state index contributed by atoms with van der Waals surface area (Å²) >= 11 is 0. The fourth-order valence-electron chi connectivity index (χ4n) is 4.83. The number of pyridine rings is 2. The number of hydrogen-bond acceptors (Lipinski definition) is 7. The van der Waals surface area contributed by atoms with Gasteiger partial charge in [0, 0.05) is 55.8 Å². The standard InChI is InChI=1S/C25H26F2N4O5/c26-15-9-19(27)17-1-2-24(32)31(21(17)10-15)6-5-30-4-3-20(18(14-30)25(33)34)29-12-16-11-22-23(13-28-16)36-8-7-35-22/h1-2,9-11,13,18,20,29H,3-8,12,14H2,(H,33,34)/t18-,20+/m0/s1. The molecule has 3 aromatic rings. The minimum Gasteiger partial charge on any atom is -0.486 e. The maximum Gasteiger partial charge on any atom is 0.309 e. The van der Waals surface area contributed by atoms with E-state index in [1.807, 2.05) is 4.90 Å². The van der Waals surface area contributed by atoms with E-state index in [0.717, 1.165) is 17.8 Å². The molecule has 190 valence electrons. The van der Waals surface area contributed by atoms with Crippen molar-refractivity contribution >= 4 is 16.9 Å². The second-order valence-corrected chi connectivity index (χ2v) is 8.98. The first-order chi connectivity index (χ1) is 17.4. The second kappa shape index (κ2) is 10.2. The number of aliphatic carboxylic acids is 1. The molecule has 2 N–H and O–H groups in total. The van der Waals surface area contributed by atoms with E-state index in [9.17, 15) is 23.5 Å². The monoisotopic (exact) mass is 500 g/mol. The second-order valence-electron chi connectivity index (χ2n) is 8.98. The number of ether oxygens (including phenoxy) is 2. The molecule has 0 unspecified atom stereocenters. The van der Waals surface area contributed by atoms with Crippen molar-refractivity contribution in [1.29, 1.82) is 0 Å². The van der Waals surface area contributed by atoms with Crippen LogP contribution in [0.15, 0.2) is 41.3 Å². The topological polar surface area (TPSA) is 106 Å². The fourth-order valence-corrected chi connectivity index (χ4v) is 4.83. The molecule has 2 aliphatic rings. The van der Waals surface area contributed by atoms with Crippen molar-refractivity contribution in [2.24, 2.45) is 5.92 Å². The van der Waals surface area contributed by atoms with Crippen molar-refractivity contribution in [3.05, 3.63) is 64.2 Å². The molecule has 2 aliphatic heterocycles. The van der Waals surface area contributed by atoms with Gasteiger partial charge in [0.2, 0.25) is 0 Å². The van der Waals surface area contributed by atoms with Crippen LogP contribution in [0.1, 0.15) is 12.1 Å². The Bertz CT molecular complexity index is 1350. The number of benzene rings is 1. The minimum atomic E-state index is -0.918. The van der Waals surface area contributed by atoms with Crippen LogP contribution in [-0.2, 0) is 17.9 Å². The van der Waals surface area contributed by atoms with E-state index >= 15 is 0 Å². The average Bonchev–Trinajstić information content (AvgIpc) is 2.86. The predicted octanol–water partition coefficient (Wildman–Crippen LogP) is 2.01. The summed E-state index contributed by atoms with van der Waals surface area (Å²) < 4.78 is 40.4. The van der Waals surface area contributed by atoms with E-state index in [2.05, 4.69) is 10.3 Å². The normalized spacial score (nSPS) is 19.9. The Hall–Kier alpha value is -3.57. The van der Waals surface area contributed by atoms with Gasteiger partial charge >= 0.3 is 5.97 Å². The zero-order valence-corrected chi connectivity index (χ0v) is 19.5. The van der Waals surface area contributed by atoms with Gasteiger partial charge in [0.25, 0.3) is 5.56 Å². The molecule has 0 amide bonds. The van der Waals surface area contributed by atoms with Crippen LogP contribution in [0.5, 0.6) is 11.5 Å². The van der Waals surface area contributed by atoms with Crippen LogP contribution in [-0.4, -0.2) is 64.4 Å². The molecule has 0 spiro atoms. The van der Waals surface area contributed by atoms with Gasteiger partial charge in [-0.3, -0.25) is 14.6 Å². The van der Waals surface area contributed by atoms with Crippen molar-refractivity contribution in [2.45, 2.75) is 25.6 Å². The predicted molar refractivity (Wildman–Crippen MR) is 126 cm³/mol. The SMILES string of the molecule is O=C(O)[C@H]1CN(CCn2c(=O)ccc3c(F)cc(F)cc32)CC[C@H]1NCc1cc2c(cn1)OCCO2. The maximum absolute atomic E-state index is 14.2. The molecule has 2 aromatic heterocycles. The Morgan fingerprint density at radius 1 is 1.14 bits per heavy atom. The maximum atomic E-state index is 14.2. The van der Waals surface area contributed by atoms with Gasteiger partial charge in [0.05, 0.1) is 23.3 Å². The number of nitrogens with zero attached hydrogens (tertiary/aromatic N) is 3. The number of carbonyl (C=O) groups is 1. The van der Waals surface area contributed by atoms with Crippen LogP contribution in [0, 0.1) is 17.6 Å². The van der Waals surface area contributed by atoms with Gasteiger partial charge in [0.15, 0.2) is 11.5 Å². The molecule has 0 saturated carbocycles. The summed E-state index contributed by atoms with van der Waals surface area (Å²) in [5, 5.41) is 13.3. The quantitative estimate of drug-likeness (QED) is 0.508. The average molecular weight is 501 g/mol. The van der Waals surface area contributed by atoms with Gasteiger partial charge in [0.1, 0.15) is 24.8 Å². The van der Waals surface area contributed by atoms with E-state index in [0.29, 0.717) is 50.8 Å². The number of hydrogen-bond donors (Lipinski definition) is 2. The van der Waals surface area contributed by atoms with Gasteiger partial charge < -0.3 is 29.4 Å². The molecule has 36 heavy (non-hydrogen) atoms. The first-order valence-corrected chi connectivity index (χ1v) is 11.8. The van der Waals surface area contributed by atoms with Gasteiger partial charge in [-0.05, 0) is 25.1 Å². The zero-order chi connectivity index (χ0) is 25.2. The van der Waals surface area contributed by atoms with Gasteiger partial charge in [-0.2, -0.15) is 0 Å². The number of aromatic nitrogens is 2. The molecule has 0 bridgehead atoms. The Morgan fingerprint density at radius 2 is 1.94 bits per heavy atom. The highest BCUT2D eigenvalue weighted by molar-refractivity contribution is 5.79. The molecular weight excluding hydrogens is 474 g/mol. The molecule has 9 nitrogen and oxygen atoms in total. The van der Waals surface area contributed by atoms with Gasteiger partial charge in [-0.25, -0.2) is 8.78 Å². The van der Waals surface area contributed by atoms with Gasteiger partial charge in [-0.1, -0.05) is 0 Å². The molecule has 0 aliphatic carbocycles. The molecule has 4 heterocycles. The molecule has 5 rings (SSSR count). The molecule has 1 aromatic carbocycles. The van der Waals surface area contributed by atoms with Crippen molar-refractivity contribution in [1.82, 2.24) is 19.8 Å². The zero-order valence-electron chi connectivity index (χ0n) is 19.5. The number of halogens is 2. The number of nitrogens with one attached hydrogen (secondary N) is 1. The summed E-state index contributed by atoms with van der Waals surface area (Å²) in [6.45, 7) is 2.78. The molecule has 0 radical (unpaired) electrons. The van der Waals surface area contributed by atoms with Crippen molar-refractivity contribution < 1.29 is 28.2 Å². The minimum absolute atomic E-state index is 0.162. The first-order valence-electron chi connectivity index (χ1n) is 11.8. The highest BCUT2D eigenvalue weighted by Gasteiger charge is 2.34. The summed E-state index contributed by atoms with van der Waals surface area (Å²) in [7, 11) is 0. The third-order valence-corrected chi connectivity index (χ3v) is 6.71. The lowest BCUT2D eigenvalue weighted by Crippen LogP contribution is -2.52. The van der Waals surface area contributed by atoms with Crippen molar-refractivity contribution in [2.75, 3.05) is 32.8 Å². The van der Waals surface area contributed by atoms with E-state index < -0.39 is 23.5 Å². The first kappa shape index (κ1) is 24.1. The fraction of sp³-hybridized carbons (Fsp3) is 0.400.